The first kappa shape index (κ1) is 23.2. The van der Waals surface area contributed by atoms with Crippen molar-refractivity contribution in [1.82, 2.24) is 4.98 Å². The number of hydrogen-bond donors (Lipinski definition) is 2. The largest absolute Gasteiger partial charge is 0.497 e. The van der Waals surface area contributed by atoms with Gasteiger partial charge >= 0.3 is 6.18 Å². The Morgan fingerprint density at radius 2 is 1.66 bits per heavy atom. The van der Waals surface area contributed by atoms with Gasteiger partial charge < -0.3 is 20.1 Å². The Balaban J connectivity index is 2.01. The summed E-state index contributed by atoms with van der Waals surface area (Å²) < 4.78 is 50.1. The molecule has 0 radical (unpaired) electrons. The van der Waals surface area contributed by atoms with E-state index in [-0.39, 0.29) is 11.4 Å². The van der Waals surface area contributed by atoms with Gasteiger partial charge in [0.15, 0.2) is 0 Å². The number of aryl methyl sites for hydroxylation is 1. The van der Waals surface area contributed by atoms with Gasteiger partial charge in [0, 0.05) is 34.6 Å². The van der Waals surface area contributed by atoms with E-state index in [4.69, 9.17) is 21.1 Å². The van der Waals surface area contributed by atoms with Crippen molar-refractivity contribution in [2.24, 2.45) is 0 Å². The minimum atomic E-state index is -4.69. The van der Waals surface area contributed by atoms with Crippen molar-refractivity contribution < 1.29 is 27.4 Å². The molecule has 0 aliphatic rings. The van der Waals surface area contributed by atoms with Crippen molar-refractivity contribution in [1.29, 1.82) is 0 Å². The SMILES string of the molecule is COc1cc(NC(=O)c2ccc(C(F)(F)F)nc2Nc2cc(Cl)ccc2C)cc(OC)c1. The van der Waals surface area contributed by atoms with Gasteiger partial charge in [0.25, 0.3) is 5.91 Å². The Bertz CT molecular complexity index is 1130. The van der Waals surface area contributed by atoms with Crippen molar-refractivity contribution in [3.63, 3.8) is 0 Å². The highest BCUT2D eigenvalue weighted by molar-refractivity contribution is 6.30. The number of rotatable bonds is 6. The van der Waals surface area contributed by atoms with Crippen LogP contribution in [0.15, 0.2) is 48.5 Å². The molecule has 1 heterocycles. The third-order valence-electron chi connectivity index (χ3n) is 4.49. The number of nitrogens with zero attached hydrogens (tertiary/aromatic N) is 1. The smallest absolute Gasteiger partial charge is 0.433 e. The number of aromatic nitrogens is 1. The molecule has 0 spiro atoms. The van der Waals surface area contributed by atoms with Gasteiger partial charge in [-0.05, 0) is 36.8 Å². The Morgan fingerprint density at radius 3 is 2.25 bits per heavy atom. The van der Waals surface area contributed by atoms with E-state index < -0.39 is 17.8 Å². The molecule has 6 nitrogen and oxygen atoms in total. The first-order valence-corrected chi connectivity index (χ1v) is 9.64. The summed E-state index contributed by atoms with van der Waals surface area (Å²) in [6, 6.07) is 11.4. The van der Waals surface area contributed by atoms with Crippen LogP contribution in [0.25, 0.3) is 0 Å². The summed E-state index contributed by atoms with van der Waals surface area (Å²) in [4.78, 5) is 16.6. The minimum absolute atomic E-state index is 0.0980. The summed E-state index contributed by atoms with van der Waals surface area (Å²) in [6.07, 6.45) is -4.69. The number of halogens is 4. The number of nitrogens with one attached hydrogen (secondary N) is 2. The van der Waals surface area contributed by atoms with E-state index in [1.807, 2.05) is 0 Å². The van der Waals surface area contributed by atoms with Crippen LogP contribution in [-0.4, -0.2) is 25.1 Å². The van der Waals surface area contributed by atoms with E-state index in [0.717, 1.165) is 12.1 Å². The van der Waals surface area contributed by atoms with Gasteiger partial charge in [0.05, 0.1) is 19.8 Å². The van der Waals surface area contributed by atoms with Crippen LogP contribution < -0.4 is 20.1 Å². The number of pyridine rings is 1. The van der Waals surface area contributed by atoms with E-state index >= 15 is 0 Å². The fourth-order valence-corrected chi connectivity index (χ4v) is 3.00. The number of carbonyl (C=O) groups excluding carboxylic acids is 1. The van der Waals surface area contributed by atoms with Gasteiger partial charge in [0.2, 0.25) is 0 Å². The number of amides is 1. The molecule has 2 aromatic carbocycles. The summed E-state index contributed by atoms with van der Waals surface area (Å²) in [5.41, 5.74) is 0.216. The van der Waals surface area contributed by atoms with Gasteiger partial charge in [-0.15, -0.1) is 0 Å². The lowest BCUT2D eigenvalue weighted by Gasteiger charge is -2.16. The first-order chi connectivity index (χ1) is 15.1. The van der Waals surface area contributed by atoms with Crippen LogP contribution in [0.1, 0.15) is 21.6 Å². The van der Waals surface area contributed by atoms with E-state index in [9.17, 15) is 18.0 Å². The van der Waals surface area contributed by atoms with Crippen LogP contribution in [0.4, 0.5) is 30.4 Å². The molecule has 0 unspecified atom stereocenters. The molecule has 10 heteroatoms. The summed E-state index contributed by atoms with van der Waals surface area (Å²) in [5.74, 6) is -0.0857. The van der Waals surface area contributed by atoms with Crippen LogP contribution >= 0.6 is 11.6 Å². The van der Waals surface area contributed by atoms with Crippen LogP contribution in [0.5, 0.6) is 11.5 Å². The summed E-state index contributed by atoms with van der Waals surface area (Å²) >= 11 is 6.01. The average Bonchev–Trinajstić information content (AvgIpc) is 2.75. The molecule has 32 heavy (non-hydrogen) atoms. The quantitative estimate of drug-likeness (QED) is 0.462. The highest BCUT2D eigenvalue weighted by Crippen LogP contribution is 2.32. The number of benzene rings is 2. The second-order valence-corrected chi connectivity index (χ2v) is 7.17. The number of anilines is 3. The van der Waals surface area contributed by atoms with Crippen molar-refractivity contribution in [2.75, 3.05) is 24.9 Å². The Kier molecular flexibility index (Phi) is 6.78. The van der Waals surface area contributed by atoms with Crippen molar-refractivity contribution in [3.05, 3.63) is 70.4 Å². The average molecular weight is 466 g/mol. The minimum Gasteiger partial charge on any atom is -0.497 e. The summed E-state index contributed by atoms with van der Waals surface area (Å²) in [5, 5.41) is 5.81. The molecule has 168 valence electrons. The van der Waals surface area contributed by atoms with E-state index in [2.05, 4.69) is 15.6 Å². The molecule has 0 saturated heterocycles. The fourth-order valence-electron chi connectivity index (χ4n) is 2.83. The van der Waals surface area contributed by atoms with E-state index in [1.165, 1.54) is 20.3 Å². The first-order valence-electron chi connectivity index (χ1n) is 9.26. The number of carbonyl (C=O) groups is 1. The number of ether oxygens (including phenoxy) is 2. The maximum atomic E-state index is 13.3. The number of hydrogen-bond acceptors (Lipinski definition) is 5. The second-order valence-electron chi connectivity index (χ2n) is 6.73. The van der Waals surface area contributed by atoms with E-state index in [0.29, 0.717) is 33.5 Å². The fraction of sp³-hybridized carbons (Fsp3) is 0.182. The second kappa shape index (κ2) is 9.35. The van der Waals surface area contributed by atoms with Crippen molar-refractivity contribution in [2.45, 2.75) is 13.1 Å². The zero-order chi connectivity index (χ0) is 23.5. The molecule has 0 aliphatic heterocycles. The van der Waals surface area contributed by atoms with Crippen molar-refractivity contribution in [3.8, 4) is 11.5 Å². The Labute approximate surface area is 187 Å². The van der Waals surface area contributed by atoms with Gasteiger partial charge in [0.1, 0.15) is 23.0 Å². The molecule has 0 atom stereocenters. The van der Waals surface area contributed by atoms with E-state index in [1.54, 1.807) is 37.3 Å². The lowest BCUT2D eigenvalue weighted by Crippen LogP contribution is -2.17. The predicted molar refractivity (Wildman–Crippen MR) is 116 cm³/mol. The highest BCUT2D eigenvalue weighted by Gasteiger charge is 2.33. The zero-order valence-electron chi connectivity index (χ0n) is 17.3. The molecule has 3 rings (SSSR count). The Hall–Kier alpha value is -3.46. The number of alkyl halides is 3. The third kappa shape index (κ3) is 5.42. The molecular formula is C22H19ClF3N3O3. The molecule has 3 aromatic rings. The van der Waals surface area contributed by atoms with Gasteiger partial charge in [-0.3, -0.25) is 4.79 Å². The van der Waals surface area contributed by atoms with Crippen LogP contribution in [-0.2, 0) is 6.18 Å². The maximum Gasteiger partial charge on any atom is 0.433 e. The molecule has 0 fully saturated rings. The third-order valence-corrected chi connectivity index (χ3v) is 4.73. The molecule has 2 N–H and O–H groups in total. The number of methoxy groups -OCH3 is 2. The van der Waals surface area contributed by atoms with Gasteiger partial charge in [-0.1, -0.05) is 17.7 Å². The standard InChI is InChI=1S/C22H19ClF3N3O3/c1-12-4-5-13(23)8-18(12)28-20-17(6-7-19(29-20)22(24,25)26)21(30)27-14-9-15(31-2)11-16(10-14)32-3/h4-11H,1-3H3,(H,27,30)(H,28,29). The van der Waals surface area contributed by atoms with Gasteiger partial charge in [-0.2, -0.15) is 13.2 Å². The lowest BCUT2D eigenvalue weighted by atomic mass is 10.1. The van der Waals surface area contributed by atoms with Crippen molar-refractivity contribution >= 4 is 34.7 Å². The highest BCUT2D eigenvalue weighted by atomic mass is 35.5. The molecule has 0 bridgehead atoms. The van der Waals surface area contributed by atoms with Gasteiger partial charge in [-0.25, -0.2) is 4.98 Å². The molecular weight excluding hydrogens is 447 g/mol. The topological polar surface area (TPSA) is 72.5 Å². The monoisotopic (exact) mass is 465 g/mol. The maximum absolute atomic E-state index is 13.3. The molecule has 0 saturated carbocycles. The zero-order valence-corrected chi connectivity index (χ0v) is 18.1. The molecule has 1 amide bonds. The predicted octanol–water partition coefficient (Wildman–Crippen LogP) is 6.08. The molecule has 0 aliphatic carbocycles. The molecule has 1 aromatic heterocycles. The summed E-state index contributed by atoms with van der Waals surface area (Å²) in [7, 11) is 2.91. The van der Waals surface area contributed by atoms with Crippen LogP contribution in [0, 0.1) is 6.92 Å². The van der Waals surface area contributed by atoms with Crippen LogP contribution in [0.3, 0.4) is 0 Å². The summed E-state index contributed by atoms with van der Waals surface area (Å²) in [6.45, 7) is 1.74. The Morgan fingerprint density at radius 1 is 1.00 bits per heavy atom. The van der Waals surface area contributed by atoms with Crippen LogP contribution in [0.2, 0.25) is 5.02 Å². The normalized spacial score (nSPS) is 11.1. The lowest BCUT2D eigenvalue weighted by molar-refractivity contribution is -0.141.